The smallest absolute Gasteiger partial charge is 0.312 e. The third-order valence-corrected chi connectivity index (χ3v) is 4.99. The lowest BCUT2D eigenvalue weighted by molar-refractivity contribution is -0.137. The molecule has 1 saturated heterocycles. The number of nitrogens with zero attached hydrogens (tertiary/aromatic N) is 1. The van der Waals surface area contributed by atoms with Crippen molar-refractivity contribution in [3.8, 4) is 0 Å². The number of benzene rings is 1. The predicted molar refractivity (Wildman–Crippen MR) is 67.7 cm³/mol. The van der Waals surface area contributed by atoms with Crippen LogP contribution in [0.2, 0.25) is 0 Å². The fourth-order valence-corrected chi connectivity index (χ4v) is 3.67. The molecule has 1 aromatic carbocycles. The summed E-state index contributed by atoms with van der Waals surface area (Å²) in [5.41, 5.74) is -0.957. The van der Waals surface area contributed by atoms with E-state index in [4.69, 9.17) is 0 Å². The summed E-state index contributed by atoms with van der Waals surface area (Å²) < 4.78 is 63.8. The number of sulfonamides is 1. The highest BCUT2D eigenvalue weighted by atomic mass is 32.2. The first-order valence-corrected chi connectivity index (χ1v) is 7.56. The summed E-state index contributed by atoms with van der Waals surface area (Å²) in [5, 5.41) is 3.09. The zero-order valence-electron chi connectivity index (χ0n) is 10.8. The Bertz CT molecular complexity index is 587. The van der Waals surface area contributed by atoms with Crippen LogP contribution in [0.15, 0.2) is 29.2 Å². The van der Waals surface area contributed by atoms with Gasteiger partial charge in [-0.2, -0.15) is 17.5 Å². The summed E-state index contributed by atoms with van der Waals surface area (Å²) in [6, 6.07) is 3.82. The molecule has 1 aliphatic rings. The molecule has 8 heteroatoms. The van der Waals surface area contributed by atoms with Gasteiger partial charge in [-0.15, -0.1) is 0 Å². The van der Waals surface area contributed by atoms with E-state index in [0.717, 1.165) is 12.1 Å². The van der Waals surface area contributed by atoms with Crippen molar-refractivity contribution in [3.05, 3.63) is 29.8 Å². The van der Waals surface area contributed by atoms with E-state index < -0.39 is 21.8 Å². The molecule has 1 N–H and O–H groups in total. The summed E-state index contributed by atoms with van der Waals surface area (Å²) in [5.74, 6) is 0. The minimum atomic E-state index is -4.55. The number of hydrogen-bond donors (Lipinski definition) is 1. The first-order valence-electron chi connectivity index (χ1n) is 6.12. The van der Waals surface area contributed by atoms with E-state index in [1.807, 2.05) is 6.92 Å². The zero-order chi connectivity index (χ0) is 15.0. The van der Waals surface area contributed by atoms with E-state index in [-0.39, 0.29) is 24.0 Å². The van der Waals surface area contributed by atoms with Gasteiger partial charge in [-0.05, 0) is 25.1 Å². The molecule has 0 aliphatic carbocycles. The molecule has 1 atom stereocenters. The SMILES string of the molecule is C[C@H]1CN(S(=O)(=O)c2cccc(C(F)(F)F)c2)CCN1. The molecule has 2 rings (SSSR count). The maximum absolute atomic E-state index is 12.6. The molecule has 0 unspecified atom stereocenters. The number of alkyl halides is 3. The van der Waals surface area contributed by atoms with Crippen molar-refractivity contribution >= 4 is 10.0 Å². The van der Waals surface area contributed by atoms with Crippen molar-refractivity contribution in [1.82, 2.24) is 9.62 Å². The number of rotatable bonds is 2. The van der Waals surface area contributed by atoms with E-state index in [1.54, 1.807) is 0 Å². The van der Waals surface area contributed by atoms with Gasteiger partial charge in [0.15, 0.2) is 0 Å². The van der Waals surface area contributed by atoms with Gasteiger partial charge < -0.3 is 5.32 Å². The first-order chi connectivity index (χ1) is 9.21. The fourth-order valence-electron chi connectivity index (χ4n) is 2.10. The largest absolute Gasteiger partial charge is 0.416 e. The second-order valence-electron chi connectivity index (χ2n) is 4.74. The average molecular weight is 308 g/mol. The molecular formula is C12H15F3N2O2S. The first kappa shape index (κ1) is 15.3. The Balaban J connectivity index is 2.34. The van der Waals surface area contributed by atoms with Crippen LogP contribution in [-0.4, -0.2) is 38.4 Å². The molecule has 0 saturated carbocycles. The van der Waals surface area contributed by atoms with Crippen LogP contribution in [0.5, 0.6) is 0 Å². The van der Waals surface area contributed by atoms with Gasteiger partial charge >= 0.3 is 6.18 Å². The number of piperazine rings is 1. The third-order valence-electron chi connectivity index (χ3n) is 3.13. The maximum Gasteiger partial charge on any atom is 0.416 e. The molecule has 4 nitrogen and oxygen atoms in total. The van der Waals surface area contributed by atoms with Crippen molar-refractivity contribution in [3.63, 3.8) is 0 Å². The standard InChI is InChI=1S/C12H15F3N2O2S/c1-9-8-17(6-5-16-9)20(18,19)11-4-2-3-10(7-11)12(13,14)15/h2-4,7,9,16H,5-6,8H2,1H3/t9-/m0/s1. The van der Waals surface area contributed by atoms with Gasteiger partial charge in [0.2, 0.25) is 10.0 Å². The lowest BCUT2D eigenvalue weighted by Gasteiger charge is -2.31. The summed E-state index contributed by atoms with van der Waals surface area (Å²) >= 11 is 0. The predicted octanol–water partition coefficient (Wildman–Crippen LogP) is 1.69. The number of nitrogens with one attached hydrogen (secondary N) is 1. The van der Waals surface area contributed by atoms with Gasteiger partial charge in [-0.3, -0.25) is 0 Å². The summed E-state index contributed by atoms with van der Waals surface area (Å²) in [4.78, 5) is -0.318. The van der Waals surface area contributed by atoms with Crippen LogP contribution in [0.1, 0.15) is 12.5 Å². The van der Waals surface area contributed by atoms with Gasteiger partial charge in [0.1, 0.15) is 0 Å². The van der Waals surface area contributed by atoms with E-state index in [0.29, 0.717) is 12.6 Å². The minimum Gasteiger partial charge on any atom is -0.312 e. The summed E-state index contributed by atoms with van der Waals surface area (Å²) in [7, 11) is -3.88. The Labute approximate surface area is 115 Å². The lowest BCUT2D eigenvalue weighted by atomic mass is 10.2. The maximum atomic E-state index is 12.6. The molecule has 112 valence electrons. The van der Waals surface area contributed by atoms with E-state index >= 15 is 0 Å². The van der Waals surface area contributed by atoms with E-state index in [1.165, 1.54) is 10.4 Å². The molecule has 0 radical (unpaired) electrons. The number of hydrogen-bond acceptors (Lipinski definition) is 3. The van der Waals surface area contributed by atoms with E-state index in [9.17, 15) is 21.6 Å². The zero-order valence-corrected chi connectivity index (χ0v) is 11.6. The van der Waals surface area contributed by atoms with Crippen molar-refractivity contribution in [2.75, 3.05) is 19.6 Å². The molecule has 1 aromatic rings. The quantitative estimate of drug-likeness (QED) is 0.904. The van der Waals surface area contributed by atoms with Crippen molar-refractivity contribution < 1.29 is 21.6 Å². The molecule has 20 heavy (non-hydrogen) atoms. The summed E-state index contributed by atoms with van der Waals surface area (Å²) in [6.45, 7) is 2.81. The van der Waals surface area contributed by atoms with Crippen molar-refractivity contribution in [2.24, 2.45) is 0 Å². The van der Waals surface area contributed by atoms with Gasteiger partial charge in [0.05, 0.1) is 10.5 Å². The molecule has 0 bridgehead atoms. The topological polar surface area (TPSA) is 49.4 Å². The Hall–Kier alpha value is -1.12. The van der Waals surface area contributed by atoms with Gasteiger partial charge in [0.25, 0.3) is 0 Å². The highest BCUT2D eigenvalue weighted by Crippen LogP contribution is 2.31. The van der Waals surface area contributed by atoms with Crippen LogP contribution < -0.4 is 5.32 Å². The minimum absolute atomic E-state index is 0.0238. The monoisotopic (exact) mass is 308 g/mol. The molecule has 0 spiro atoms. The van der Waals surface area contributed by atoms with Gasteiger partial charge in [0, 0.05) is 25.7 Å². The molecule has 1 heterocycles. The number of halogens is 3. The molecule has 0 amide bonds. The van der Waals surface area contributed by atoms with Crippen LogP contribution in [0.3, 0.4) is 0 Å². The van der Waals surface area contributed by atoms with Crippen molar-refractivity contribution in [1.29, 1.82) is 0 Å². The van der Waals surface area contributed by atoms with Crippen LogP contribution in [-0.2, 0) is 16.2 Å². The third kappa shape index (κ3) is 3.13. The molecule has 1 fully saturated rings. The average Bonchev–Trinajstić information content (AvgIpc) is 2.38. The second-order valence-corrected chi connectivity index (χ2v) is 6.68. The van der Waals surface area contributed by atoms with Crippen LogP contribution in [0.25, 0.3) is 0 Å². The second kappa shape index (κ2) is 5.34. The highest BCUT2D eigenvalue weighted by Gasteiger charge is 2.33. The Morgan fingerprint density at radius 2 is 2.05 bits per heavy atom. The Morgan fingerprint density at radius 1 is 1.35 bits per heavy atom. The highest BCUT2D eigenvalue weighted by molar-refractivity contribution is 7.89. The Kier molecular flexibility index (Phi) is 4.08. The molecule has 0 aromatic heterocycles. The summed E-state index contributed by atoms with van der Waals surface area (Å²) in [6.07, 6.45) is -4.55. The van der Waals surface area contributed by atoms with Crippen LogP contribution in [0, 0.1) is 0 Å². The van der Waals surface area contributed by atoms with E-state index in [2.05, 4.69) is 5.32 Å². The normalized spacial score (nSPS) is 21.9. The van der Waals surface area contributed by atoms with Crippen molar-refractivity contribution in [2.45, 2.75) is 24.0 Å². The van der Waals surface area contributed by atoms with Crippen LogP contribution >= 0.6 is 0 Å². The lowest BCUT2D eigenvalue weighted by Crippen LogP contribution is -2.51. The molecule has 1 aliphatic heterocycles. The fraction of sp³-hybridized carbons (Fsp3) is 0.500. The van der Waals surface area contributed by atoms with Gasteiger partial charge in [-0.25, -0.2) is 8.42 Å². The van der Waals surface area contributed by atoms with Gasteiger partial charge in [-0.1, -0.05) is 6.07 Å². The molecular weight excluding hydrogens is 293 g/mol. The van der Waals surface area contributed by atoms with Crippen LogP contribution in [0.4, 0.5) is 13.2 Å². The Morgan fingerprint density at radius 3 is 2.65 bits per heavy atom.